The normalized spacial score (nSPS) is 16.4. The van der Waals surface area contributed by atoms with E-state index in [1.807, 2.05) is 55.5 Å². The molecule has 6 nitrogen and oxygen atoms in total. The van der Waals surface area contributed by atoms with E-state index >= 15 is 0 Å². The molecule has 0 spiro atoms. The van der Waals surface area contributed by atoms with Crippen molar-refractivity contribution in [2.45, 2.75) is 39.2 Å². The van der Waals surface area contributed by atoms with Gasteiger partial charge in [-0.25, -0.2) is 4.79 Å². The Kier molecular flexibility index (Phi) is 5.10. The number of benzene rings is 2. The minimum Gasteiger partial charge on any atom is -0.337 e. The number of likely N-dealkylation sites (tertiary alicyclic amines) is 1. The zero-order chi connectivity index (χ0) is 19.5. The minimum atomic E-state index is -0.194. The number of nitrogens with zero attached hydrogens (tertiary/aromatic N) is 3. The highest BCUT2D eigenvalue weighted by molar-refractivity contribution is 5.89. The Morgan fingerprint density at radius 3 is 2.82 bits per heavy atom. The third-order valence-electron chi connectivity index (χ3n) is 5.13. The number of aryl methyl sites for hydroxylation is 2. The molecule has 1 aliphatic rings. The van der Waals surface area contributed by atoms with E-state index in [1.54, 1.807) is 4.90 Å². The van der Waals surface area contributed by atoms with Crippen LogP contribution in [0.1, 0.15) is 42.8 Å². The highest BCUT2D eigenvalue weighted by Gasteiger charge is 2.34. The van der Waals surface area contributed by atoms with E-state index in [0.717, 1.165) is 36.1 Å². The number of aromatic nitrogens is 2. The summed E-state index contributed by atoms with van der Waals surface area (Å²) in [6, 6.07) is 15.6. The Hall–Kier alpha value is -3.15. The monoisotopic (exact) mass is 376 g/mol. The number of rotatable bonds is 4. The number of nitrogens with one attached hydrogen (secondary N) is 1. The highest BCUT2D eigenvalue weighted by Crippen LogP contribution is 2.32. The van der Waals surface area contributed by atoms with Crippen molar-refractivity contribution in [3.05, 3.63) is 65.5 Å². The molecule has 3 aromatic rings. The molecular weight excluding hydrogens is 352 g/mol. The molecular formula is C22H24N4O2. The Morgan fingerprint density at radius 2 is 2.07 bits per heavy atom. The SMILES string of the molecule is CCc1ccc(NC(=O)N2CCC[C@H]2c2nc(-c3cccc(C)c3)no2)cc1. The van der Waals surface area contributed by atoms with Crippen molar-refractivity contribution in [2.24, 2.45) is 0 Å². The summed E-state index contributed by atoms with van der Waals surface area (Å²) in [5, 5.41) is 7.10. The van der Waals surface area contributed by atoms with E-state index < -0.39 is 0 Å². The fourth-order valence-corrected chi connectivity index (χ4v) is 3.56. The van der Waals surface area contributed by atoms with Crippen LogP contribution in [0.4, 0.5) is 10.5 Å². The van der Waals surface area contributed by atoms with E-state index in [0.29, 0.717) is 18.3 Å². The zero-order valence-corrected chi connectivity index (χ0v) is 16.2. The van der Waals surface area contributed by atoms with Gasteiger partial charge in [-0.3, -0.25) is 0 Å². The number of carbonyl (C=O) groups is 1. The first-order chi connectivity index (χ1) is 13.6. The number of urea groups is 1. The van der Waals surface area contributed by atoms with Gasteiger partial charge in [0, 0.05) is 17.8 Å². The van der Waals surface area contributed by atoms with Crippen LogP contribution in [0.2, 0.25) is 0 Å². The van der Waals surface area contributed by atoms with Crippen LogP contribution in [0.5, 0.6) is 0 Å². The molecule has 4 rings (SSSR count). The molecule has 2 aromatic carbocycles. The van der Waals surface area contributed by atoms with E-state index in [9.17, 15) is 4.79 Å². The van der Waals surface area contributed by atoms with Crippen molar-refractivity contribution in [3.63, 3.8) is 0 Å². The average molecular weight is 376 g/mol. The van der Waals surface area contributed by atoms with Crippen LogP contribution in [0.3, 0.4) is 0 Å². The van der Waals surface area contributed by atoms with Crippen LogP contribution in [0.15, 0.2) is 53.1 Å². The Balaban J connectivity index is 1.49. The first-order valence-electron chi connectivity index (χ1n) is 9.71. The summed E-state index contributed by atoms with van der Waals surface area (Å²) in [5.74, 6) is 1.05. The van der Waals surface area contributed by atoms with Crippen molar-refractivity contribution in [2.75, 3.05) is 11.9 Å². The van der Waals surface area contributed by atoms with Crippen molar-refractivity contribution >= 4 is 11.7 Å². The van der Waals surface area contributed by atoms with Gasteiger partial charge in [-0.1, -0.05) is 48.0 Å². The molecule has 1 aliphatic heterocycles. The third kappa shape index (κ3) is 3.76. The molecule has 28 heavy (non-hydrogen) atoms. The Labute approximate surface area is 164 Å². The second-order valence-corrected chi connectivity index (χ2v) is 7.16. The summed E-state index contributed by atoms with van der Waals surface area (Å²) in [5.41, 5.74) is 4.09. The van der Waals surface area contributed by atoms with Crippen molar-refractivity contribution in [3.8, 4) is 11.4 Å². The number of carbonyl (C=O) groups excluding carboxylic acids is 1. The largest absolute Gasteiger partial charge is 0.337 e. The molecule has 6 heteroatoms. The second kappa shape index (κ2) is 7.84. The quantitative estimate of drug-likeness (QED) is 0.697. The molecule has 1 fully saturated rings. The summed E-state index contributed by atoms with van der Waals surface area (Å²) >= 11 is 0. The molecule has 1 saturated heterocycles. The van der Waals surface area contributed by atoms with Gasteiger partial charge in [0.05, 0.1) is 0 Å². The van der Waals surface area contributed by atoms with Crippen LogP contribution >= 0.6 is 0 Å². The van der Waals surface area contributed by atoms with Gasteiger partial charge in [-0.2, -0.15) is 4.98 Å². The van der Waals surface area contributed by atoms with E-state index in [-0.39, 0.29) is 12.1 Å². The molecule has 1 N–H and O–H groups in total. The lowest BCUT2D eigenvalue weighted by molar-refractivity contribution is 0.193. The first kappa shape index (κ1) is 18.2. The topological polar surface area (TPSA) is 71.3 Å². The van der Waals surface area contributed by atoms with Crippen molar-refractivity contribution in [1.29, 1.82) is 0 Å². The standard InChI is InChI=1S/C22H24N4O2/c1-3-16-9-11-18(12-10-16)23-22(27)26-13-5-8-19(26)21-24-20(25-28-21)17-7-4-6-15(2)14-17/h4,6-7,9-12,14,19H,3,5,8,13H2,1-2H3,(H,23,27)/t19-/m0/s1. The van der Waals surface area contributed by atoms with Gasteiger partial charge in [0.2, 0.25) is 11.7 Å². The van der Waals surface area contributed by atoms with E-state index in [2.05, 4.69) is 22.4 Å². The number of amides is 2. The zero-order valence-electron chi connectivity index (χ0n) is 16.2. The molecule has 1 aromatic heterocycles. The molecule has 1 atom stereocenters. The maximum atomic E-state index is 12.8. The summed E-state index contributed by atoms with van der Waals surface area (Å²) < 4.78 is 5.52. The van der Waals surface area contributed by atoms with Gasteiger partial charge in [0.15, 0.2) is 0 Å². The number of hydrogen-bond donors (Lipinski definition) is 1. The third-order valence-corrected chi connectivity index (χ3v) is 5.13. The maximum absolute atomic E-state index is 12.8. The molecule has 0 radical (unpaired) electrons. The smallest absolute Gasteiger partial charge is 0.322 e. The van der Waals surface area contributed by atoms with Crippen LogP contribution in [0.25, 0.3) is 11.4 Å². The maximum Gasteiger partial charge on any atom is 0.322 e. The van der Waals surface area contributed by atoms with Gasteiger partial charge < -0.3 is 14.7 Å². The Morgan fingerprint density at radius 1 is 1.25 bits per heavy atom. The van der Waals surface area contributed by atoms with Crippen LogP contribution in [-0.4, -0.2) is 27.6 Å². The summed E-state index contributed by atoms with van der Waals surface area (Å²) in [6.07, 6.45) is 2.70. The summed E-state index contributed by atoms with van der Waals surface area (Å²) in [4.78, 5) is 19.1. The minimum absolute atomic E-state index is 0.137. The van der Waals surface area contributed by atoms with E-state index in [4.69, 9.17) is 4.52 Å². The molecule has 2 heterocycles. The van der Waals surface area contributed by atoms with Gasteiger partial charge in [-0.05, 0) is 49.9 Å². The van der Waals surface area contributed by atoms with Crippen LogP contribution in [0, 0.1) is 6.92 Å². The van der Waals surface area contributed by atoms with E-state index in [1.165, 1.54) is 5.56 Å². The van der Waals surface area contributed by atoms with Crippen molar-refractivity contribution < 1.29 is 9.32 Å². The second-order valence-electron chi connectivity index (χ2n) is 7.16. The van der Waals surface area contributed by atoms with Crippen LogP contribution in [-0.2, 0) is 6.42 Å². The summed E-state index contributed by atoms with van der Waals surface area (Å²) in [7, 11) is 0. The van der Waals surface area contributed by atoms with Gasteiger partial charge in [0.25, 0.3) is 0 Å². The molecule has 0 saturated carbocycles. The lowest BCUT2D eigenvalue weighted by atomic mass is 10.1. The Bertz CT molecular complexity index is 965. The molecule has 0 aliphatic carbocycles. The van der Waals surface area contributed by atoms with Gasteiger partial charge >= 0.3 is 6.03 Å². The number of anilines is 1. The average Bonchev–Trinajstić information content (AvgIpc) is 3.38. The molecule has 0 bridgehead atoms. The first-order valence-corrected chi connectivity index (χ1v) is 9.71. The van der Waals surface area contributed by atoms with Gasteiger partial charge in [-0.15, -0.1) is 0 Å². The van der Waals surface area contributed by atoms with Crippen LogP contribution < -0.4 is 5.32 Å². The predicted molar refractivity (Wildman–Crippen MR) is 108 cm³/mol. The fraction of sp³-hybridized carbons (Fsp3) is 0.318. The van der Waals surface area contributed by atoms with Crippen molar-refractivity contribution in [1.82, 2.24) is 15.0 Å². The number of hydrogen-bond acceptors (Lipinski definition) is 4. The molecule has 0 unspecified atom stereocenters. The molecule has 144 valence electrons. The predicted octanol–water partition coefficient (Wildman–Crippen LogP) is 4.98. The highest BCUT2D eigenvalue weighted by atomic mass is 16.5. The lowest BCUT2D eigenvalue weighted by Gasteiger charge is -2.22. The fourth-order valence-electron chi connectivity index (χ4n) is 3.56. The lowest BCUT2D eigenvalue weighted by Crippen LogP contribution is -2.34. The molecule has 2 amide bonds. The van der Waals surface area contributed by atoms with Gasteiger partial charge in [0.1, 0.15) is 6.04 Å². The summed E-state index contributed by atoms with van der Waals surface area (Å²) in [6.45, 7) is 4.81.